The number of carbonyl (C=O) groups excluding carboxylic acids is 2. The molecule has 31 heavy (non-hydrogen) atoms. The second-order valence-electron chi connectivity index (χ2n) is 6.46. The van der Waals surface area contributed by atoms with Gasteiger partial charge in [0.15, 0.2) is 5.69 Å². The van der Waals surface area contributed by atoms with Crippen LogP contribution < -0.4 is 21.8 Å². The maximum absolute atomic E-state index is 13.9. The van der Waals surface area contributed by atoms with Crippen LogP contribution in [0.5, 0.6) is 0 Å². The molecule has 0 aliphatic rings. The normalized spacial score (nSPS) is 10.7. The molecule has 0 bridgehead atoms. The van der Waals surface area contributed by atoms with Crippen LogP contribution in [-0.2, 0) is 4.79 Å². The zero-order valence-corrected chi connectivity index (χ0v) is 15.8. The Hall–Kier alpha value is -4.54. The van der Waals surface area contributed by atoms with Gasteiger partial charge in [-0.05, 0) is 30.3 Å². The topological polar surface area (TPSA) is 142 Å². The number of anilines is 1. The fourth-order valence-corrected chi connectivity index (χ4v) is 3.00. The summed E-state index contributed by atoms with van der Waals surface area (Å²) in [6.45, 7) is -0.414. The first-order valence-corrected chi connectivity index (χ1v) is 9.06. The third kappa shape index (κ3) is 3.96. The molecule has 4 rings (SSSR count). The van der Waals surface area contributed by atoms with Gasteiger partial charge in [-0.2, -0.15) is 5.10 Å². The predicted octanol–water partition coefficient (Wildman–Crippen LogP) is 0.910. The van der Waals surface area contributed by atoms with Gasteiger partial charge in [0, 0.05) is 6.20 Å². The number of halogens is 1. The number of carbonyl (C=O) groups is 2. The summed E-state index contributed by atoms with van der Waals surface area (Å²) >= 11 is 0. The van der Waals surface area contributed by atoms with E-state index in [0.29, 0.717) is 0 Å². The van der Waals surface area contributed by atoms with Crippen molar-refractivity contribution in [3.8, 4) is 5.69 Å². The Kier molecular flexibility index (Phi) is 5.14. The summed E-state index contributed by atoms with van der Waals surface area (Å²) in [5.74, 6) is -1.76. The Bertz CT molecular complexity index is 1420. The van der Waals surface area contributed by atoms with Crippen molar-refractivity contribution in [3.63, 3.8) is 0 Å². The monoisotopic (exact) mass is 422 g/mol. The highest BCUT2D eigenvalue weighted by Gasteiger charge is 2.15. The van der Waals surface area contributed by atoms with E-state index < -0.39 is 35.3 Å². The molecule has 2 aromatic carbocycles. The summed E-state index contributed by atoms with van der Waals surface area (Å²) in [6, 6.07) is 11.8. The van der Waals surface area contributed by atoms with Crippen LogP contribution in [0.4, 0.5) is 10.1 Å². The molecule has 0 saturated heterocycles. The Morgan fingerprint density at radius 2 is 1.77 bits per heavy atom. The summed E-state index contributed by atoms with van der Waals surface area (Å²) in [7, 11) is 0. The molecule has 0 spiro atoms. The average Bonchev–Trinajstić information content (AvgIpc) is 3.25. The van der Waals surface area contributed by atoms with Gasteiger partial charge in [0.05, 0.1) is 23.0 Å². The third-order valence-corrected chi connectivity index (χ3v) is 4.43. The zero-order valence-electron chi connectivity index (χ0n) is 15.8. The number of rotatable bonds is 5. The number of H-pyrrole nitrogens is 2. The molecule has 0 saturated carbocycles. The number of fused-ring (bicyclic) bond motifs is 1. The molecule has 0 radical (unpaired) electrons. The van der Waals surface area contributed by atoms with E-state index in [1.54, 1.807) is 6.07 Å². The molecular weight excluding hydrogens is 407 g/mol. The minimum atomic E-state index is -0.641. The van der Waals surface area contributed by atoms with E-state index in [0.717, 1.165) is 0 Å². The van der Waals surface area contributed by atoms with E-state index in [1.807, 2.05) is 0 Å². The van der Waals surface area contributed by atoms with Crippen molar-refractivity contribution in [1.82, 2.24) is 25.3 Å². The standard InChI is InChI=1S/C20H15FN6O4/c21-12-5-1-2-7-15(12)27-9-8-14(26-27)19(30)22-10-16(28)23-13-6-3-4-11-17(13)20(31)25-24-18(11)29/h1-9H,10H2,(H,22,30)(H,23,28)(H,24,29)(H,25,31). The van der Waals surface area contributed by atoms with Crippen LogP contribution in [0.25, 0.3) is 16.5 Å². The number of para-hydroxylation sites is 1. The zero-order chi connectivity index (χ0) is 22.0. The average molecular weight is 422 g/mol. The summed E-state index contributed by atoms with van der Waals surface area (Å²) < 4.78 is 15.1. The molecular formula is C20H15FN6O4. The number of hydrogen-bond donors (Lipinski definition) is 4. The molecule has 2 aromatic heterocycles. The van der Waals surface area contributed by atoms with Gasteiger partial charge in [-0.15, -0.1) is 0 Å². The van der Waals surface area contributed by atoms with Crippen LogP contribution in [0, 0.1) is 5.82 Å². The largest absolute Gasteiger partial charge is 0.342 e. The number of amides is 2. The number of benzene rings is 2. The second kappa shape index (κ2) is 8.06. The second-order valence-corrected chi connectivity index (χ2v) is 6.46. The minimum Gasteiger partial charge on any atom is -0.342 e. The molecule has 0 fully saturated rings. The summed E-state index contributed by atoms with van der Waals surface area (Å²) in [4.78, 5) is 48.4. The van der Waals surface area contributed by atoms with Gasteiger partial charge < -0.3 is 10.6 Å². The lowest BCUT2D eigenvalue weighted by atomic mass is 10.1. The summed E-state index contributed by atoms with van der Waals surface area (Å²) in [5.41, 5.74) is -0.787. The fraction of sp³-hybridized carbons (Fsp3) is 0.0500. The van der Waals surface area contributed by atoms with Crippen molar-refractivity contribution >= 4 is 28.3 Å². The molecule has 10 nitrogen and oxygen atoms in total. The van der Waals surface area contributed by atoms with Gasteiger partial charge in [0.2, 0.25) is 5.91 Å². The highest BCUT2D eigenvalue weighted by Crippen LogP contribution is 2.16. The summed E-state index contributed by atoms with van der Waals surface area (Å²) in [5, 5.41) is 13.4. The Morgan fingerprint density at radius 1 is 1.00 bits per heavy atom. The van der Waals surface area contributed by atoms with Crippen molar-refractivity contribution in [3.05, 3.63) is 86.9 Å². The van der Waals surface area contributed by atoms with Crippen molar-refractivity contribution in [1.29, 1.82) is 0 Å². The van der Waals surface area contributed by atoms with Crippen molar-refractivity contribution in [2.24, 2.45) is 0 Å². The van der Waals surface area contributed by atoms with E-state index in [4.69, 9.17) is 0 Å². The van der Waals surface area contributed by atoms with Gasteiger partial charge in [-0.3, -0.25) is 29.4 Å². The van der Waals surface area contributed by atoms with E-state index >= 15 is 0 Å². The molecule has 2 amide bonds. The number of nitrogens with one attached hydrogen (secondary N) is 4. The lowest BCUT2D eigenvalue weighted by Gasteiger charge is -2.08. The smallest absolute Gasteiger partial charge is 0.272 e. The van der Waals surface area contributed by atoms with Crippen molar-refractivity contribution in [2.45, 2.75) is 0 Å². The van der Waals surface area contributed by atoms with Crippen LogP contribution in [0.3, 0.4) is 0 Å². The van der Waals surface area contributed by atoms with E-state index in [2.05, 4.69) is 25.9 Å². The highest BCUT2D eigenvalue weighted by atomic mass is 19.1. The molecule has 4 N–H and O–H groups in total. The molecule has 2 heterocycles. The lowest BCUT2D eigenvalue weighted by molar-refractivity contribution is -0.115. The number of aromatic nitrogens is 4. The maximum Gasteiger partial charge on any atom is 0.272 e. The molecule has 4 aromatic rings. The fourth-order valence-electron chi connectivity index (χ4n) is 3.00. The van der Waals surface area contributed by atoms with Crippen LogP contribution >= 0.6 is 0 Å². The van der Waals surface area contributed by atoms with E-state index in [9.17, 15) is 23.6 Å². The van der Waals surface area contributed by atoms with Crippen LogP contribution in [0.2, 0.25) is 0 Å². The molecule has 0 aliphatic carbocycles. The number of hydrogen-bond acceptors (Lipinski definition) is 5. The van der Waals surface area contributed by atoms with Gasteiger partial charge in [0.1, 0.15) is 11.5 Å². The van der Waals surface area contributed by atoms with Crippen LogP contribution in [0.15, 0.2) is 64.3 Å². The molecule has 0 unspecified atom stereocenters. The quantitative estimate of drug-likeness (QED) is 0.378. The Labute approximate surface area is 172 Å². The van der Waals surface area contributed by atoms with Crippen LogP contribution in [-0.4, -0.2) is 38.3 Å². The molecule has 156 valence electrons. The highest BCUT2D eigenvalue weighted by molar-refractivity contribution is 6.03. The van der Waals surface area contributed by atoms with Gasteiger partial charge in [-0.1, -0.05) is 18.2 Å². The van der Waals surface area contributed by atoms with Crippen molar-refractivity contribution in [2.75, 3.05) is 11.9 Å². The van der Waals surface area contributed by atoms with E-state index in [-0.39, 0.29) is 27.8 Å². The van der Waals surface area contributed by atoms with Gasteiger partial charge >= 0.3 is 0 Å². The molecule has 0 aliphatic heterocycles. The molecule has 11 heteroatoms. The first kappa shape index (κ1) is 19.8. The minimum absolute atomic E-state index is 0.0100. The molecule has 0 atom stereocenters. The Morgan fingerprint density at radius 3 is 2.58 bits per heavy atom. The maximum atomic E-state index is 13.9. The van der Waals surface area contributed by atoms with Gasteiger partial charge in [0.25, 0.3) is 17.0 Å². The lowest BCUT2D eigenvalue weighted by Crippen LogP contribution is -2.33. The number of nitrogens with zero attached hydrogens (tertiary/aromatic N) is 2. The van der Waals surface area contributed by atoms with Crippen molar-refractivity contribution < 1.29 is 14.0 Å². The van der Waals surface area contributed by atoms with Gasteiger partial charge in [-0.25, -0.2) is 9.07 Å². The van der Waals surface area contributed by atoms with E-state index in [1.165, 1.54) is 53.3 Å². The number of aromatic amines is 2. The Balaban J connectivity index is 1.44. The predicted molar refractivity (Wildman–Crippen MR) is 110 cm³/mol. The summed E-state index contributed by atoms with van der Waals surface area (Å²) in [6.07, 6.45) is 1.42. The van der Waals surface area contributed by atoms with Crippen LogP contribution in [0.1, 0.15) is 10.5 Å². The first-order chi connectivity index (χ1) is 14.9. The SMILES string of the molecule is O=C(CNC(=O)c1ccn(-c2ccccc2F)n1)Nc1cccc2c(=O)[nH][nH]c(=O)c12. The third-order valence-electron chi connectivity index (χ3n) is 4.43. The first-order valence-electron chi connectivity index (χ1n) is 9.06.